The van der Waals surface area contributed by atoms with E-state index in [-0.39, 0.29) is 36.1 Å². The molecule has 1 amide bonds. The fourth-order valence-electron chi connectivity index (χ4n) is 13.9. The van der Waals surface area contributed by atoms with Gasteiger partial charge in [0.15, 0.2) is 11.4 Å². The second-order valence-corrected chi connectivity index (χ2v) is 20.0. The number of halogens is 3. The van der Waals surface area contributed by atoms with Gasteiger partial charge < -0.3 is 24.6 Å². The third kappa shape index (κ3) is 4.98. The lowest BCUT2D eigenvalue weighted by atomic mass is 9.32. The Hall–Kier alpha value is -3.96. The molecule has 1 heterocycles. The molecule has 1 aliphatic heterocycles. The van der Waals surface area contributed by atoms with Crippen LogP contribution < -0.4 is 4.74 Å². The highest BCUT2D eigenvalue weighted by atomic mass is 19.4. The number of alkyl halides is 3. The summed E-state index contributed by atoms with van der Waals surface area (Å²) in [5, 5.41) is 24.4. The van der Waals surface area contributed by atoms with Gasteiger partial charge in [0.1, 0.15) is 5.75 Å². The highest BCUT2D eigenvalue weighted by molar-refractivity contribution is 6.10. The van der Waals surface area contributed by atoms with E-state index in [1.165, 1.54) is 24.3 Å². The summed E-state index contributed by atoms with van der Waals surface area (Å²) in [6.45, 7) is 9.88. The first-order chi connectivity index (χ1) is 27.1. The Morgan fingerprint density at radius 2 is 1.52 bits per heavy atom. The van der Waals surface area contributed by atoms with Gasteiger partial charge in [-0.3, -0.25) is 14.4 Å². The van der Waals surface area contributed by atoms with Crippen molar-refractivity contribution in [2.75, 3.05) is 6.54 Å². The number of benzene rings is 2. The van der Waals surface area contributed by atoms with Crippen LogP contribution in [0.15, 0.2) is 78.4 Å². The molecule has 7 aliphatic carbocycles. The van der Waals surface area contributed by atoms with Crippen molar-refractivity contribution in [2.24, 2.45) is 44.3 Å². The summed E-state index contributed by atoms with van der Waals surface area (Å²) in [6.07, 6.45) is 6.48. The van der Waals surface area contributed by atoms with E-state index >= 15 is 4.79 Å². The molecule has 0 aromatic heterocycles. The van der Waals surface area contributed by atoms with Crippen LogP contribution >= 0.6 is 0 Å². The molecule has 11 heteroatoms. The average Bonchev–Trinajstić information content (AvgIpc) is 3.62. The van der Waals surface area contributed by atoms with Crippen LogP contribution in [-0.2, 0) is 20.9 Å². The van der Waals surface area contributed by atoms with Crippen molar-refractivity contribution in [1.29, 1.82) is 0 Å². The van der Waals surface area contributed by atoms with Gasteiger partial charge in [0, 0.05) is 39.3 Å². The van der Waals surface area contributed by atoms with E-state index in [0.29, 0.717) is 56.1 Å². The van der Waals surface area contributed by atoms with E-state index in [1.807, 2.05) is 51.1 Å². The number of carbonyl (C=O) groups excluding carboxylic acids is 3. The molecule has 2 spiro atoms. The van der Waals surface area contributed by atoms with Crippen LogP contribution in [0.2, 0.25) is 0 Å². The fourth-order valence-corrected chi connectivity index (χ4v) is 13.9. The largest absolute Gasteiger partial charge is 0.573 e. The smallest absolute Gasteiger partial charge is 0.448 e. The summed E-state index contributed by atoms with van der Waals surface area (Å²) in [4.78, 5) is 45.1. The molecule has 0 radical (unpaired) electrons. The number of hydrogen-bond donors (Lipinski definition) is 2. The van der Waals surface area contributed by atoms with Crippen LogP contribution in [0, 0.1) is 44.3 Å². The minimum atomic E-state index is -4.87. The number of nitrogens with zero attached hydrogens (tertiary/aromatic N) is 1. The Kier molecular flexibility index (Phi) is 8.38. The number of ketones is 1. The Balaban J connectivity index is 1.12. The van der Waals surface area contributed by atoms with Gasteiger partial charge in [-0.05, 0) is 99.7 Å². The number of rotatable bonds is 8. The van der Waals surface area contributed by atoms with E-state index in [1.54, 1.807) is 4.90 Å². The Bertz CT molecular complexity index is 2130. The molecule has 4 bridgehead atoms. The molecule has 58 heavy (non-hydrogen) atoms. The number of amides is 1. The zero-order valence-electron chi connectivity index (χ0n) is 34.0. The molecule has 310 valence electrons. The second kappa shape index (κ2) is 12.3. The Morgan fingerprint density at radius 1 is 0.862 bits per heavy atom. The average molecular weight is 802 g/mol. The molecular weight excluding hydrogens is 748 g/mol. The highest BCUT2D eigenvalue weighted by Crippen LogP contribution is 2.78. The van der Waals surface area contributed by atoms with Gasteiger partial charge in [0.25, 0.3) is 5.91 Å². The quantitative estimate of drug-likeness (QED) is 0.156. The number of Topliss-reactive ketones (excluding diaryl/α,β-unsaturated/α-hetero) is 1. The topological polar surface area (TPSA) is 113 Å². The van der Waals surface area contributed by atoms with Gasteiger partial charge in [0.05, 0.1) is 23.7 Å². The predicted octanol–water partition coefficient (Wildman–Crippen LogP) is 8.51. The zero-order chi connectivity index (χ0) is 41.5. The lowest BCUT2D eigenvalue weighted by Gasteiger charge is -2.71. The van der Waals surface area contributed by atoms with Crippen molar-refractivity contribution in [3.8, 4) is 5.75 Å². The van der Waals surface area contributed by atoms with Gasteiger partial charge in [-0.15, -0.1) is 13.2 Å². The minimum absolute atomic E-state index is 0.0421. The van der Waals surface area contributed by atoms with Gasteiger partial charge in [-0.25, -0.2) is 0 Å². The first kappa shape index (κ1) is 39.5. The summed E-state index contributed by atoms with van der Waals surface area (Å²) in [6, 6.07) is 14.7. The minimum Gasteiger partial charge on any atom is -0.448 e. The van der Waals surface area contributed by atoms with E-state index in [0.717, 1.165) is 18.4 Å². The van der Waals surface area contributed by atoms with E-state index in [4.69, 9.17) is 4.74 Å². The van der Waals surface area contributed by atoms with Crippen LogP contribution in [0.3, 0.4) is 0 Å². The number of ether oxygens (including phenoxy) is 2. The maximum absolute atomic E-state index is 15.2. The van der Waals surface area contributed by atoms with Crippen molar-refractivity contribution in [3.63, 3.8) is 0 Å². The maximum atomic E-state index is 15.2. The SMILES string of the molecule is CC12CCC(C(=O)N(Cc3ccc(OC(F)(F)F)cc3)CC3(O)CCC4C56C=CC7(C=C5C(=O)c5ccccc5)CC(O)CCC7(C)C6CCC43C)(OC1=O)C2(C)C. The summed E-state index contributed by atoms with van der Waals surface area (Å²) >= 11 is 0. The van der Waals surface area contributed by atoms with Crippen molar-refractivity contribution in [3.05, 3.63) is 89.5 Å². The van der Waals surface area contributed by atoms with Crippen molar-refractivity contribution in [1.82, 2.24) is 4.90 Å². The molecule has 8 nitrogen and oxygen atoms in total. The predicted molar refractivity (Wildman–Crippen MR) is 208 cm³/mol. The zero-order valence-corrected chi connectivity index (χ0v) is 34.0. The van der Waals surface area contributed by atoms with E-state index < -0.39 is 68.4 Å². The van der Waals surface area contributed by atoms with Crippen molar-refractivity contribution in [2.45, 2.75) is 123 Å². The summed E-state index contributed by atoms with van der Waals surface area (Å²) < 4.78 is 49.3. The van der Waals surface area contributed by atoms with Crippen LogP contribution in [0.25, 0.3) is 0 Å². The van der Waals surface area contributed by atoms with Gasteiger partial charge in [0.2, 0.25) is 0 Å². The molecule has 2 aromatic rings. The third-order valence-electron chi connectivity index (χ3n) is 17.7. The lowest BCUT2D eigenvalue weighted by Crippen LogP contribution is -2.67. The van der Waals surface area contributed by atoms with E-state index in [9.17, 15) is 33.0 Å². The van der Waals surface area contributed by atoms with Crippen LogP contribution in [-0.4, -0.2) is 63.0 Å². The number of esters is 1. The van der Waals surface area contributed by atoms with Gasteiger partial charge in [-0.1, -0.05) is 88.4 Å². The number of aliphatic hydroxyl groups is 2. The summed E-state index contributed by atoms with van der Waals surface area (Å²) in [5.74, 6) is -1.39. The third-order valence-corrected chi connectivity index (χ3v) is 17.7. The maximum Gasteiger partial charge on any atom is 0.573 e. The molecule has 4 saturated carbocycles. The molecule has 10 unspecified atom stereocenters. The Labute approximate surface area is 337 Å². The molecule has 10 atom stereocenters. The number of hydrogen-bond acceptors (Lipinski definition) is 7. The molecule has 10 rings (SSSR count). The number of aliphatic hydroxyl groups excluding tert-OH is 1. The standard InChI is InChI=1S/C47H54F3NO7/c1-39(2)42(5)21-24-46(39,58-38(42)55)37(54)51(27-29-11-13-32(14-12-29)57-47(48,49)50)28-44(56)20-17-35-41(44,4)19-16-34-40(3)18-15-31(52)25-43(40)22-23-45(34,35)33(26-43)36(53)30-9-7-6-8-10-30/h6-14,22-23,26,31,34-35,52,56H,15-21,24-25,27-28H2,1-5H3. The van der Waals surface area contributed by atoms with Crippen LogP contribution in [0.4, 0.5) is 13.2 Å². The monoisotopic (exact) mass is 801 g/mol. The lowest BCUT2D eigenvalue weighted by molar-refractivity contribution is -0.274. The molecule has 2 N–H and O–H groups in total. The fraction of sp³-hybridized carbons (Fsp3) is 0.596. The van der Waals surface area contributed by atoms with Crippen molar-refractivity contribution >= 4 is 17.7 Å². The summed E-state index contributed by atoms with van der Waals surface area (Å²) in [5.41, 5.74) is -5.02. The number of allylic oxidation sites excluding steroid dienone is 4. The van der Waals surface area contributed by atoms with Gasteiger partial charge >= 0.3 is 12.3 Å². The van der Waals surface area contributed by atoms with E-state index in [2.05, 4.69) is 36.8 Å². The number of fused-ring (bicyclic) bond motifs is 3. The van der Waals surface area contributed by atoms with Gasteiger partial charge in [-0.2, -0.15) is 0 Å². The van der Waals surface area contributed by atoms with Crippen LogP contribution in [0.1, 0.15) is 108 Å². The molecule has 1 saturated heterocycles. The van der Waals surface area contributed by atoms with Crippen LogP contribution in [0.5, 0.6) is 5.75 Å². The summed E-state index contributed by atoms with van der Waals surface area (Å²) in [7, 11) is 0. The number of carbonyl (C=O) groups is 3. The molecule has 2 aromatic carbocycles. The molecular formula is C47H54F3NO7. The molecule has 8 aliphatic rings. The first-order valence-electron chi connectivity index (χ1n) is 20.9. The molecule has 5 fully saturated rings. The first-order valence-corrected chi connectivity index (χ1v) is 20.9. The second-order valence-electron chi connectivity index (χ2n) is 20.0. The normalized spacial score (nSPS) is 41.6. The Morgan fingerprint density at radius 3 is 2.16 bits per heavy atom. The van der Waals surface area contributed by atoms with Crippen molar-refractivity contribution < 1.29 is 47.2 Å². The highest BCUT2D eigenvalue weighted by Gasteiger charge is 2.78.